The zero-order valence-corrected chi connectivity index (χ0v) is 16.5. The van der Waals surface area contributed by atoms with Crippen molar-refractivity contribution < 1.29 is 28.2 Å². The number of benzene rings is 1. The van der Waals surface area contributed by atoms with Gasteiger partial charge in [0, 0.05) is 0 Å². The first-order valence-electron chi connectivity index (χ1n) is 9.82. The third-order valence-electron chi connectivity index (χ3n) is 5.49. The number of ether oxygens (including phenoxy) is 2. The molecule has 0 aromatic heterocycles. The second-order valence-electron chi connectivity index (χ2n) is 7.19. The zero-order chi connectivity index (χ0) is 21.0. The number of hydrogen-bond donors (Lipinski definition) is 2. The van der Waals surface area contributed by atoms with Crippen molar-refractivity contribution in [1.82, 2.24) is 10.6 Å². The summed E-state index contributed by atoms with van der Waals surface area (Å²) in [6, 6.07) is 4.85. The summed E-state index contributed by atoms with van der Waals surface area (Å²) in [5, 5.41) is 5.23. The lowest BCUT2D eigenvalue weighted by atomic mass is 9.64. The average molecular weight is 404 g/mol. The van der Waals surface area contributed by atoms with E-state index in [0.717, 1.165) is 6.42 Å². The number of carbonyl (C=O) groups is 3. The summed E-state index contributed by atoms with van der Waals surface area (Å²) < 4.78 is 23.9. The molecule has 1 aliphatic heterocycles. The molecule has 1 fully saturated rings. The fourth-order valence-corrected chi connectivity index (χ4v) is 3.76. The van der Waals surface area contributed by atoms with Crippen LogP contribution in [0.25, 0.3) is 0 Å². The first kappa shape index (κ1) is 20.8. The number of rotatable bonds is 7. The van der Waals surface area contributed by atoms with E-state index < -0.39 is 29.4 Å². The predicted molar refractivity (Wildman–Crippen MR) is 102 cm³/mol. The van der Waals surface area contributed by atoms with E-state index in [1.165, 1.54) is 12.1 Å². The third-order valence-corrected chi connectivity index (χ3v) is 5.49. The van der Waals surface area contributed by atoms with E-state index in [9.17, 15) is 18.8 Å². The molecule has 1 aliphatic carbocycles. The summed E-state index contributed by atoms with van der Waals surface area (Å²) in [7, 11) is 0. The normalized spacial score (nSPS) is 20.2. The molecule has 0 spiro atoms. The molecule has 3 rings (SSSR count). The average Bonchev–Trinajstić information content (AvgIpc) is 2.66. The Labute approximate surface area is 168 Å². The molecule has 8 heteroatoms. The summed E-state index contributed by atoms with van der Waals surface area (Å²) in [6.07, 6.45) is 2.56. The van der Waals surface area contributed by atoms with Crippen LogP contribution in [0.15, 0.2) is 35.5 Å². The highest BCUT2D eigenvalue weighted by molar-refractivity contribution is 5.95. The van der Waals surface area contributed by atoms with Gasteiger partial charge in [-0.15, -0.1) is 0 Å². The first-order valence-corrected chi connectivity index (χ1v) is 9.82. The van der Waals surface area contributed by atoms with Crippen LogP contribution in [0, 0.1) is 5.82 Å². The fourth-order valence-electron chi connectivity index (χ4n) is 3.76. The van der Waals surface area contributed by atoms with E-state index in [0.29, 0.717) is 24.8 Å². The highest BCUT2D eigenvalue weighted by Gasteiger charge is 2.47. The maximum absolute atomic E-state index is 13.3. The molecule has 2 N–H and O–H groups in total. The lowest BCUT2D eigenvalue weighted by Crippen LogP contribution is -2.51. The molecule has 7 nitrogen and oxygen atoms in total. The maximum atomic E-state index is 13.3. The molecule has 1 unspecified atom stereocenters. The van der Waals surface area contributed by atoms with Crippen molar-refractivity contribution in [3.63, 3.8) is 0 Å². The monoisotopic (exact) mass is 404 g/mol. The SMILES string of the molecule is CCOC(=O)C1=C(COC(=O)C2(c3ccc(F)cc3)CCC2)NC(=O)NC1CC. The fraction of sp³-hybridized carbons (Fsp3) is 0.476. The first-order chi connectivity index (χ1) is 13.9. The van der Waals surface area contributed by atoms with E-state index in [2.05, 4.69) is 10.6 Å². The molecule has 29 heavy (non-hydrogen) atoms. The van der Waals surface area contributed by atoms with Crippen molar-refractivity contribution in [2.24, 2.45) is 0 Å². The van der Waals surface area contributed by atoms with Crippen LogP contribution in [0.4, 0.5) is 9.18 Å². The van der Waals surface area contributed by atoms with Crippen LogP contribution in [0.1, 0.15) is 45.1 Å². The molecule has 2 amide bonds. The molecular weight excluding hydrogens is 379 g/mol. The molecule has 1 atom stereocenters. The molecule has 1 aromatic carbocycles. The van der Waals surface area contributed by atoms with Gasteiger partial charge in [0.25, 0.3) is 0 Å². The second-order valence-corrected chi connectivity index (χ2v) is 7.19. The van der Waals surface area contributed by atoms with Gasteiger partial charge in [-0.05, 0) is 43.9 Å². The lowest BCUT2D eigenvalue weighted by Gasteiger charge is -2.40. The summed E-state index contributed by atoms with van der Waals surface area (Å²) >= 11 is 0. The van der Waals surface area contributed by atoms with Gasteiger partial charge < -0.3 is 20.1 Å². The van der Waals surface area contributed by atoms with Crippen LogP contribution in [0.2, 0.25) is 0 Å². The Morgan fingerprint density at radius 1 is 1.17 bits per heavy atom. The topological polar surface area (TPSA) is 93.7 Å². The van der Waals surface area contributed by atoms with E-state index in [1.54, 1.807) is 19.1 Å². The van der Waals surface area contributed by atoms with Gasteiger partial charge >= 0.3 is 18.0 Å². The molecule has 0 saturated heterocycles. The minimum Gasteiger partial charge on any atom is -0.463 e. The molecule has 1 aromatic rings. The number of nitrogens with one attached hydrogen (secondary N) is 2. The summed E-state index contributed by atoms with van der Waals surface area (Å²) in [5.41, 5.74) is 0.363. The Morgan fingerprint density at radius 3 is 2.41 bits per heavy atom. The van der Waals surface area contributed by atoms with Crippen molar-refractivity contribution in [2.45, 2.75) is 51.0 Å². The quantitative estimate of drug-likeness (QED) is 0.682. The lowest BCUT2D eigenvalue weighted by molar-refractivity contribution is -0.153. The van der Waals surface area contributed by atoms with E-state index in [-0.39, 0.29) is 30.3 Å². The van der Waals surface area contributed by atoms with Gasteiger partial charge in [0.15, 0.2) is 0 Å². The van der Waals surface area contributed by atoms with Gasteiger partial charge in [-0.1, -0.05) is 25.5 Å². The van der Waals surface area contributed by atoms with Gasteiger partial charge in [-0.2, -0.15) is 0 Å². The Bertz CT molecular complexity index is 830. The third kappa shape index (κ3) is 4.11. The van der Waals surface area contributed by atoms with E-state index in [4.69, 9.17) is 9.47 Å². The molecule has 1 saturated carbocycles. The van der Waals surface area contributed by atoms with Crippen molar-refractivity contribution in [3.8, 4) is 0 Å². The van der Waals surface area contributed by atoms with Crippen LogP contribution in [0.3, 0.4) is 0 Å². The number of hydrogen-bond acceptors (Lipinski definition) is 5. The smallest absolute Gasteiger partial charge is 0.338 e. The maximum Gasteiger partial charge on any atom is 0.338 e. The number of carbonyl (C=O) groups excluding carboxylic acids is 3. The van der Waals surface area contributed by atoms with E-state index >= 15 is 0 Å². The van der Waals surface area contributed by atoms with E-state index in [1.807, 2.05) is 6.92 Å². The van der Waals surface area contributed by atoms with Crippen LogP contribution in [-0.2, 0) is 24.5 Å². The number of amides is 2. The van der Waals surface area contributed by atoms with Crippen LogP contribution in [-0.4, -0.2) is 37.2 Å². The van der Waals surface area contributed by atoms with Gasteiger partial charge in [0.1, 0.15) is 12.4 Å². The molecule has 156 valence electrons. The highest BCUT2D eigenvalue weighted by Crippen LogP contribution is 2.44. The standard InChI is InChI=1S/C21H25FN2O5/c1-3-15-17(18(25)28-4-2)16(24-20(27)23-15)12-29-19(26)21(10-5-11-21)13-6-8-14(22)9-7-13/h6-9,15H,3-5,10-12H2,1-2H3,(H2,23,24,27). The summed E-state index contributed by atoms with van der Waals surface area (Å²) in [5.74, 6) is -1.38. The van der Waals surface area contributed by atoms with Gasteiger partial charge in [0.05, 0.1) is 29.3 Å². The molecule has 2 aliphatic rings. The summed E-state index contributed by atoms with van der Waals surface area (Å²) in [4.78, 5) is 37.3. The van der Waals surface area contributed by atoms with Crippen molar-refractivity contribution in [1.29, 1.82) is 0 Å². The Hall–Kier alpha value is -2.90. The molecule has 1 heterocycles. The van der Waals surface area contributed by atoms with Crippen molar-refractivity contribution >= 4 is 18.0 Å². The van der Waals surface area contributed by atoms with Crippen molar-refractivity contribution in [2.75, 3.05) is 13.2 Å². The van der Waals surface area contributed by atoms with Gasteiger partial charge in [-0.3, -0.25) is 4.79 Å². The Kier molecular flexibility index (Phi) is 6.20. The van der Waals surface area contributed by atoms with Crippen molar-refractivity contribution in [3.05, 3.63) is 46.9 Å². The molecule has 0 radical (unpaired) electrons. The molecular formula is C21H25FN2O5. The molecule has 0 bridgehead atoms. The zero-order valence-electron chi connectivity index (χ0n) is 16.5. The number of halogens is 1. The largest absolute Gasteiger partial charge is 0.463 e. The number of esters is 2. The van der Waals surface area contributed by atoms with Gasteiger partial charge in [-0.25, -0.2) is 14.0 Å². The minimum absolute atomic E-state index is 0.188. The Morgan fingerprint density at radius 2 is 1.86 bits per heavy atom. The van der Waals surface area contributed by atoms with Crippen LogP contribution < -0.4 is 10.6 Å². The Balaban J connectivity index is 1.81. The van der Waals surface area contributed by atoms with Gasteiger partial charge in [0.2, 0.25) is 0 Å². The predicted octanol–water partition coefficient (Wildman–Crippen LogP) is 2.70. The summed E-state index contributed by atoms with van der Waals surface area (Å²) in [6.45, 7) is 3.46. The van der Waals surface area contributed by atoms with Crippen LogP contribution >= 0.6 is 0 Å². The minimum atomic E-state index is -0.820. The second kappa shape index (κ2) is 8.63. The highest BCUT2D eigenvalue weighted by atomic mass is 19.1. The van der Waals surface area contributed by atoms with Crippen LogP contribution in [0.5, 0.6) is 0 Å². The number of urea groups is 1.